The summed E-state index contributed by atoms with van der Waals surface area (Å²) in [5.41, 5.74) is 0. The molecular formula is C57H106NO18P. The van der Waals surface area contributed by atoms with Crippen molar-refractivity contribution in [1.29, 1.82) is 0 Å². The summed E-state index contributed by atoms with van der Waals surface area (Å²) in [6.45, 7) is 8.02. The van der Waals surface area contributed by atoms with E-state index in [1.807, 2.05) is 4.90 Å². The van der Waals surface area contributed by atoms with Crippen LogP contribution in [-0.2, 0) is 51.6 Å². The van der Waals surface area contributed by atoms with Gasteiger partial charge in [-0.3, -0.25) is 18.6 Å². The van der Waals surface area contributed by atoms with E-state index in [9.17, 15) is 49.7 Å². The smallest absolute Gasteiger partial charge is 0.462 e. The number of hydrogen-bond acceptors (Lipinski definition) is 18. The molecule has 0 saturated carbocycles. The molecule has 0 aromatic heterocycles. The number of aliphatic hydroxyl groups is 6. The molecule has 0 radical (unpaired) electrons. The van der Waals surface area contributed by atoms with Crippen molar-refractivity contribution in [2.75, 3.05) is 52.7 Å². The molecule has 19 nitrogen and oxygen atoms in total. The van der Waals surface area contributed by atoms with Crippen molar-refractivity contribution in [2.45, 2.75) is 275 Å². The zero-order valence-corrected chi connectivity index (χ0v) is 48.5. The average molecular weight is 1120 g/mol. The van der Waals surface area contributed by atoms with Crippen molar-refractivity contribution in [3.8, 4) is 0 Å². The summed E-state index contributed by atoms with van der Waals surface area (Å²) >= 11 is 0. The highest BCUT2D eigenvalue weighted by atomic mass is 31.2. The second kappa shape index (κ2) is 44.7. The van der Waals surface area contributed by atoms with Gasteiger partial charge in [-0.25, -0.2) is 4.57 Å². The largest absolute Gasteiger partial charge is 0.472 e. The molecule has 0 aromatic rings. The first kappa shape index (κ1) is 71.2. The van der Waals surface area contributed by atoms with Gasteiger partial charge in [-0.2, -0.15) is 0 Å². The molecule has 0 spiro atoms. The summed E-state index contributed by atoms with van der Waals surface area (Å²) in [5.74, 6) is -0.972. The van der Waals surface area contributed by atoms with Gasteiger partial charge in [0.15, 0.2) is 18.7 Å². The molecule has 12 atom stereocenters. The van der Waals surface area contributed by atoms with Crippen molar-refractivity contribution in [3.63, 3.8) is 0 Å². The second-order valence-corrected chi connectivity index (χ2v) is 22.5. The van der Waals surface area contributed by atoms with E-state index in [0.717, 1.165) is 77.0 Å². The van der Waals surface area contributed by atoms with Gasteiger partial charge in [-0.15, -0.1) is 0 Å². The van der Waals surface area contributed by atoms with Crippen LogP contribution in [0, 0.1) is 0 Å². The third kappa shape index (κ3) is 34.2. The molecule has 0 aliphatic carbocycles. The van der Waals surface area contributed by atoms with E-state index >= 15 is 0 Å². The molecule has 2 aliphatic heterocycles. The van der Waals surface area contributed by atoms with Crippen LogP contribution in [0.4, 0.5) is 0 Å². The highest BCUT2D eigenvalue weighted by Crippen LogP contribution is 2.43. The van der Waals surface area contributed by atoms with Crippen LogP contribution in [0.15, 0.2) is 24.3 Å². The van der Waals surface area contributed by atoms with E-state index in [2.05, 4.69) is 38.2 Å². The summed E-state index contributed by atoms with van der Waals surface area (Å²) in [5, 5.41) is 60.9. The van der Waals surface area contributed by atoms with Crippen LogP contribution in [-0.4, -0.2) is 173 Å². The minimum absolute atomic E-state index is 0.143. The number of nitrogens with zero attached hydrogens (tertiary/aromatic N) is 1. The number of rotatable bonds is 48. The van der Waals surface area contributed by atoms with Crippen LogP contribution in [0.5, 0.6) is 0 Å². The minimum Gasteiger partial charge on any atom is -0.462 e. The average Bonchev–Trinajstić information content (AvgIpc) is 3.40. The number of esters is 2. The molecule has 0 amide bonds. The first-order chi connectivity index (χ1) is 37.1. The Morgan fingerprint density at radius 1 is 0.494 bits per heavy atom. The molecule has 7 N–H and O–H groups in total. The van der Waals surface area contributed by atoms with Gasteiger partial charge in [0.25, 0.3) is 0 Å². The molecule has 2 fully saturated rings. The zero-order chi connectivity index (χ0) is 56.5. The Morgan fingerprint density at radius 3 is 1.36 bits per heavy atom. The van der Waals surface area contributed by atoms with Gasteiger partial charge < -0.3 is 68.9 Å². The maximum atomic E-state index is 13.2. The second-order valence-electron chi connectivity index (χ2n) is 21.0. The fourth-order valence-corrected chi connectivity index (χ4v) is 9.75. The van der Waals surface area contributed by atoms with Gasteiger partial charge in [0, 0.05) is 32.6 Å². The van der Waals surface area contributed by atoms with Gasteiger partial charge in [0.1, 0.15) is 43.2 Å². The molecule has 2 aliphatic rings. The third-order valence-electron chi connectivity index (χ3n) is 14.0. The highest BCUT2D eigenvalue weighted by Gasteiger charge is 2.43. The first-order valence-electron chi connectivity index (χ1n) is 29.7. The van der Waals surface area contributed by atoms with Crippen molar-refractivity contribution in [2.24, 2.45) is 0 Å². The number of hydrogen-bond donors (Lipinski definition) is 7. The SMILES string of the molecule is CCCCCCC=CCCCCCCCC(=O)OC[C@H](COP(=O)(O)OCCN(CCCCO[C@@H]1OC(C)[C@H](O)[C@H](O)C1O)CCCCO[C@@H]1OC(C)[C@H](O)[C@H](O)C1O)OC(=O)CCCCCCCC=CCCCCCC. The molecule has 5 unspecified atom stereocenters. The molecule has 77 heavy (non-hydrogen) atoms. The van der Waals surface area contributed by atoms with E-state index in [4.69, 9.17) is 37.5 Å². The fourth-order valence-electron chi connectivity index (χ4n) is 9.00. The molecule has 0 bridgehead atoms. The Balaban J connectivity index is 1.90. The van der Waals surface area contributed by atoms with Crippen molar-refractivity contribution >= 4 is 19.8 Å². The Bertz CT molecular complexity index is 1530. The van der Waals surface area contributed by atoms with E-state index in [1.54, 1.807) is 13.8 Å². The van der Waals surface area contributed by atoms with Gasteiger partial charge in [0.2, 0.25) is 0 Å². The maximum Gasteiger partial charge on any atom is 0.472 e. The molecule has 2 heterocycles. The van der Waals surface area contributed by atoms with Crippen LogP contribution in [0.2, 0.25) is 0 Å². The molecule has 0 aromatic carbocycles. The highest BCUT2D eigenvalue weighted by molar-refractivity contribution is 7.47. The van der Waals surface area contributed by atoms with Crippen molar-refractivity contribution in [3.05, 3.63) is 24.3 Å². The third-order valence-corrected chi connectivity index (χ3v) is 15.0. The number of aliphatic hydroxyl groups excluding tert-OH is 6. The Morgan fingerprint density at radius 2 is 0.909 bits per heavy atom. The number of allylic oxidation sites excluding steroid dienone is 4. The van der Waals surface area contributed by atoms with Crippen molar-refractivity contribution < 1.29 is 87.2 Å². The summed E-state index contributed by atoms with van der Waals surface area (Å²) in [4.78, 5) is 38.6. The fraction of sp³-hybridized carbons (Fsp3) is 0.895. The molecular weight excluding hydrogens is 1020 g/mol. The number of ether oxygens (including phenoxy) is 6. The Kier molecular flexibility index (Phi) is 41.3. The van der Waals surface area contributed by atoms with Crippen LogP contribution in [0.1, 0.15) is 207 Å². The summed E-state index contributed by atoms with van der Waals surface area (Å²) in [6.07, 6.45) is 22.5. The van der Waals surface area contributed by atoms with Gasteiger partial charge >= 0.3 is 19.8 Å². The molecule has 20 heteroatoms. The number of carbonyl (C=O) groups excluding carboxylic acids is 2. The van der Waals surface area contributed by atoms with Gasteiger partial charge in [0.05, 0.1) is 25.4 Å². The number of carbonyl (C=O) groups is 2. The predicted molar refractivity (Wildman–Crippen MR) is 295 cm³/mol. The van der Waals surface area contributed by atoms with E-state index < -0.39 is 93.9 Å². The Hall–Kier alpha value is -1.91. The number of phosphoric acid groups is 1. The lowest BCUT2D eigenvalue weighted by Crippen LogP contribution is -2.57. The quantitative estimate of drug-likeness (QED) is 0.0130. The van der Waals surface area contributed by atoms with Crippen molar-refractivity contribution in [1.82, 2.24) is 4.90 Å². The van der Waals surface area contributed by atoms with E-state index in [1.165, 1.54) is 51.4 Å². The summed E-state index contributed by atoms with van der Waals surface area (Å²) < 4.78 is 57.5. The van der Waals surface area contributed by atoms with Crippen LogP contribution in [0.25, 0.3) is 0 Å². The normalized spacial score (nSPS) is 25.2. The number of phosphoric ester groups is 1. The molecule has 2 saturated heterocycles. The Labute approximate surface area is 462 Å². The van der Waals surface area contributed by atoms with Crippen LogP contribution in [0.3, 0.4) is 0 Å². The van der Waals surface area contributed by atoms with Crippen LogP contribution >= 0.6 is 7.82 Å². The van der Waals surface area contributed by atoms with Gasteiger partial charge in [-0.1, -0.05) is 115 Å². The molecule has 452 valence electrons. The first-order valence-corrected chi connectivity index (χ1v) is 31.2. The van der Waals surface area contributed by atoms with E-state index in [-0.39, 0.29) is 45.8 Å². The molecule has 2 rings (SSSR count). The summed E-state index contributed by atoms with van der Waals surface area (Å²) in [7, 11) is -4.69. The standard InChI is InChI=1S/C57H106NO18P/c1-5-7-9-11-13-15-17-19-21-23-25-27-29-35-48(59)71-43-47(76-49(60)36-30-28-26-24-22-20-18-16-14-12-10-8-6-2)44-73-77(67,68)72-42-39-58(37-31-33-40-69-56-54(65)52(63)50(61)45(3)74-56)38-32-34-41-70-57-55(66)53(64)51(62)46(4)75-57/h15-18,45-47,50-57,61-66H,5-14,19-44H2,1-4H3,(H,67,68)/t45?,46?,47-,50+,51+,52+,53+,54?,55?,56-,57-/m1/s1. The topological polar surface area (TPSA) is 270 Å². The lowest BCUT2D eigenvalue weighted by Gasteiger charge is -2.39. The zero-order valence-electron chi connectivity index (χ0n) is 47.6. The minimum atomic E-state index is -4.69. The van der Waals surface area contributed by atoms with Crippen LogP contribution < -0.4 is 0 Å². The maximum absolute atomic E-state index is 13.2. The monoisotopic (exact) mass is 1120 g/mol. The lowest BCUT2D eigenvalue weighted by atomic mass is 10.0. The van der Waals surface area contributed by atoms with Gasteiger partial charge in [-0.05, 0) is 117 Å². The lowest BCUT2D eigenvalue weighted by molar-refractivity contribution is -0.293. The summed E-state index contributed by atoms with van der Waals surface area (Å²) in [6, 6.07) is 0. The number of unbranched alkanes of at least 4 members (excludes halogenated alkanes) is 20. The predicted octanol–water partition coefficient (Wildman–Crippen LogP) is 8.64. The van der Waals surface area contributed by atoms with E-state index in [0.29, 0.717) is 51.6 Å².